The number of carboxylic acid groups (broad SMARTS) is 1. The maximum atomic E-state index is 11.3. The Labute approximate surface area is 98.4 Å². The summed E-state index contributed by atoms with van der Waals surface area (Å²) in [6, 6.07) is 9.75. The summed E-state index contributed by atoms with van der Waals surface area (Å²) in [5.74, 6) is -0.731. The highest BCUT2D eigenvalue weighted by Crippen LogP contribution is 2.29. The van der Waals surface area contributed by atoms with Crippen LogP contribution < -0.4 is 0 Å². The van der Waals surface area contributed by atoms with Gasteiger partial charge in [-0.1, -0.05) is 53.2 Å². The molecule has 0 saturated carbocycles. The first-order valence-electron chi connectivity index (χ1n) is 4.98. The van der Waals surface area contributed by atoms with Crippen molar-refractivity contribution in [3.63, 3.8) is 0 Å². The summed E-state index contributed by atoms with van der Waals surface area (Å²) < 4.78 is 0. The number of carboxylic acids is 1. The van der Waals surface area contributed by atoms with Crippen molar-refractivity contribution in [2.24, 2.45) is 5.41 Å². The third kappa shape index (κ3) is 2.81. The third-order valence-electron chi connectivity index (χ3n) is 2.77. The van der Waals surface area contributed by atoms with Crippen molar-refractivity contribution in [2.75, 3.05) is 5.33 Å². The molecule has 0 aliphatic carbocycles. The van der Waals surface area contributed by atoms with Crippen LogP contribution in [0.25, 0.3) is 0 Å². The number of aliphatic carboxylic acids is 1. The molecular formula is C12H15BrO2. The molecule has 15 heavy (non-hydrogen) atoms. The van der Waals surface area contributed by atoms with Gasteiger partial charge >= 0.3 is 5.97 Å². The first kappa shape index (κ1) is 12.2. The summed E-state index contributed by atoms with van der Waals surface area (Å²) in [6.07, 6.45) is 1.20. The van der Waals surface area contributed by atoms with Crippen molar-refractivity contribution in [3.8, 4) is 0 Å². The van der Waals surface area contributed by atoms with E-state index >= 15 is 0 Å². The van der Waals surface area contributed by atoms with E-state index < -0.39 is 11.4 Å². The monoisotopic (exact) mass is 270 g/mol. The van der Waals surface area contributed by atoms with Crippen LogP contribution in [0.4, 0.5) is 0 Å². The van der Waals surface area contributed by atoms with E-state index in [9.17, 15) is 9.90 Å². The molecule has 1 N–H and O–H groups in total. The molecule has 2 nitrogen and oxygen atoms in total. The highest BCUT2D eigenvalue weighted by Gasteiger charge is 2.35. The fourth-order valence-electron chi connectivity index (χ4n) is 1.54. The Morgan fingerprint density at radius 3 is 2.40 bits per heavy atom. The van der Waals surface area contributed by atoms with E-state index in [-0.39, 0.29) is 0 Å². The van der Waals surface area contributed by atoms with Gasteiger partial charge in [-0.3, -0.25) is 4.79 Å². The van der Waals surface area contributed by atoms with E-state index in [4.69, 9.17) is 0 Å². The molecule has 0 saturated heterocycles. The quantitative estimate of drug-likeness (QED) is 0.835. The Kier molecular flexibility index (Phi) is 4.33. The predicted molar refractivity (Wildman–Crippen MR) is 64.3 cm³/mol. The number of hydrogen-bond acceptors (Lipinski definition) is 1. The maximum absolute atomic E-state index is 11.3. The zero-order chi connectivity index (χ0) is 11.3. The van der Waals surface area contributed by atoms with Gasteiger partial charge in [0.25, 0.3) is 0 Å². The number of carbonyl (C=O) groups is 1. The minimum Gasteiger partial charge on any atom is -0.481 e. The second kappa shape index (κ2) is 5.31. The average molecular weight is 271 g/mol. The van der Waals surface area contributed by atoms with E-state index in [1.54, 1.807) is 0 Å². The summed E-state index contributed by atoms with van der Waals surface area (Å²) >= 11 is 3.31. The second-order valence-electron chi connectivity index (χ2n) is 3.74. The van der Waals surface area contributed by atoms with Crippen LogP contribution in [0.5, 0.6) is 0 Å². The van der Waals surface area contributed by atoms with Crippen LogP contribution in [0.3, 0.4) is 0 Å². The molecule has 1 rings (SSSR count). The molecule has 0 spiro atoms. The van der Waals surface area contributed by atoms with Gasteiger partial charge in [0, 0.05) is 5.33 Å². The van der Waals surface area contributed by atoms with Gasteiger partial charge in [-0.05, 0) is 18.4 Å². The molecule has 1 aromatic rings. The third-order valence-corrected chi connectivity index (χ3v) is 3.84. The minimum atomic E-state index is -0.731. The summed E-state index contributed by atoms with van der Waals surface area (Å²) in [7, 11) is 0. The predicted octanol–water partition coefficient (Wildman–Crippen LogP) is 3.11. The lowest BCUT2D eigenvalue weighted by Gasteiger charge is -2.25. The molecule has 1 aromatic carbocycles. The molecule has 0 aliphatic rings. The van der Waals surface area contributed by atoms with Gasteiger partial charge in [-0.2, -0.15) is 0 Å². The van der Waals surface area contributed by atoms with Crippen molar-refractivity contribution >= 4 is 21.9 Å². The van der Waals surface area contributed by atoms with Crippen molar-refractivity contribution in [3.05, 3.63) is 35.9 Å². The molecule has 0 aromatic heterocycles. The van der Waals surface area contributed by atoms with Gasteiger partial charge in [0.2, 0.25) is 0 Å². The summed E-state index contributed by atoms with van der Waals surface area (Å²) in [5.41, 5.74) is 0.391. The highest BCUT2D eigenvalue weighted by atomic mass is 79.9. The molecular weight excluding hydrogens is 256 g/mol. The molecule has 3 heteroatoms. The van der Waals surface area contributed by atoms with E-state index in [0.29, 0.717) is 18.2 Å². The normalized spacial score (nSPS) is 14.5. The fraction of sp³-hybridized carbons (Fsp3) is 0.417. The summed E-state index contributed by atoms with van der Waals surface area (Å²) in [6.45, 7) is 1.92. The van der Waals surface area contributed by atoms with Gasteiger partial charge in [0.05, 0.1) is 5.41 Å². The number of benzene rings is 1. The molecule has 1 atom stereocenters. The largest absolute Gasteiger partial charge is 0.481 e. The van der Waals surface area contributed by atoms with Gasteiger partial charge in [0.1, 0.15) is 0 Å². The second-order valence-corrected chi connectivity index (χ2v) is 4.30. The van der Waals surface area contributed by atoms with Crippen LogP contribution in [-0.2, 0) is 11.2 Å². The van der Waals surface area contributed by atoms with Crippen molar-refractivity contribution in [2.45, 2.75) is 19.8 Å². The fourth-order valence-corrected chi connectivity index (χ4v) is 2.37. The van der Waals surface area contributed by atoms with Crippen LogP contribution in [-0.4, -0.2) is 16.4 Å². The number of rotatable bonds is 5. The lowest BCUT2D eigenvalue weighted by molar-refractivity contribution is -0.147. The average Bonchev–Trinajstić information content (AvgIpc) is 2.27. The maximum Gasteiger partial charge on any atom is 0.310 e. The Hall–Kier alpha value is -0.830. The topological polar surface area (TPSA) is 37.3 Å². The van der Waals surface area contributed by atoms with E-state index in [1.807, 2.05) is 37.3 Å². The van der Waals surface area contributed by atoms with Gasteiger partial charge in [-0.15, -0.1) is 0 Å². The lowest BCUT2D eigenvalue weighted by Crippen LogP contribution is -2.34. The Bertz CT molecular complexity index is 318. The SMILES string of the molecule is CCC(CBr)(Cc1ccccc1)C(=O)O. The lowest BCUT2D eigenvalue weighted by atomic mass is 9.81. The molecule has 0 radical (unpaired) electrons. The smallest absolute Gasteiger partial charge is 0.310 e. The first-order valence-corrected chi connectivity index (χ1v) is 6.10. The van der Waals surface area contributed by atoms with Crippen molar-refractivity contribution in [1.29, 1.82) is 0 Å². The van der Waals surface area contributed by atoms with Crippen molar-refractivity contribution in [1.82, 2.24) is 0 Å². The van der Waals surface area contributed by atoms with Crippen LogP contribution in [0, 0.1) is 5.41 Å². The highest BCUT2D eigenvalue weighted by molar-refractivity contribution is 9.09. The number of hydrogen-bond donors (Lipinski definition) is 1. The first-order chi connectivity index (χ1) is 7.14. The Balaban J connectivity index is 2.89. The van der Waals surface area contributed by atoms with E-state index in [1.165, 1.54) is 0 Å². The van der Waals surface area contributed by atoms with Gasteiger partial charge in [0.15, 0.2) is 0 Å². The zero-order valence-corrected chi connectivity index (χ0v) is 10.3. The number of halogens is 1. The van der Waals surface area contributed by atoms with E-state index in [0.717, 1.165) is 5.56 Å². The van der Waals surface area contributed by atoms with Gasteiger partial charge in [-0.25, -0.2) is 0 Å². The summed E-state index contributed by atoms with van der Waals surface area (Å²) in [4.78, 5) is 11.3. The molecule has 1 unspecified atom stereocenters. The minimum absolute atomic E-state index is 0.487. The summed E-state index contributed by atoms with van der Waals surface area (Å²) in [5, 5.41) is 9.74. The van der Waals surface area contributed by atoms with Crippen LogP contribution in [0.2, 0.25) is 0 Å². The van der Waals surface area contributed by atoms with Crippen LogP contribution in [0.15, 0.2) is 30.3 Å². The molecule has 0 amide bonds. The number of alkyl halides is 1. The van der Waals surface area contributed by atoms with Gasteiger partial charge < -0.3 is 5.11 Å². The Morgan fingerprint density at radius 1 is 1.40 bits per heavy atom. The van der Waals surface area contributed by atoms with Crippen LogP contribution in [0.1, 0.15) is 18.9 Å². The molecule has 0 aliphatic heterocycles. The van der Waals surface area contributed by atoms with Crippen LogP contribution >= 0.6 is 15.9 Å². The zero-order valence-electron chi connectivity index (χ0n) is 8.74. The molecule has 82 valence electrons. The Morgan fingerprint density at radius 2 is 2.00 bits per heavy atom. The standard InChI is InChI=1S/C12H15BrO2/c1-2-12(9-13,11(14)15)8-10-6-4-3-5-7-10/h3-7H,2,8-9H2,1H3,(H,14,15). The van der Waals surface area contributed by atoms with E-state index in [2.05, 4.69) is 15.9 Å². The van der Waals surface area contributed by atoms with Crippen molar-refractivity contribution < 1.29 is 9.90 Å². The molecule has 0 fully saturated rings. The molecule has 0 heterocycles. The molecule has 0 bridgehead atoms.